The molecule has 0 bridgehead atoms. The van der Waals surface area contributed by atoms with E-state index in [-0.39, 0.29) is 6.04 Å². The smallest absolute Gasteiger partial charge is 0.148 e. The Hall–Kier alpha value is -2.10. The van der Waals surface area contributed by atoms with Gasteiger partial charge in [-0.3, -0.25) is 0 Å². The topological polar surface area (TPSA) is 37.8 Å². The van der Waals surface area contributed by atoms with Crippen LogP contribution in [0.1, 0.15) is 60.8 Å². The third-order valence-electron chi connectivity index (χ3n) is 5.95. The molecule has 2 aromatic carbocycles. The minimum Gasteiger partial charge on any atom is -0.362 e. The summed E-state index contributed by atoms with van der Waals surface area (Å²) in [6.45, 7) is 6.43. The Morgan fingerprint density at radius 2 is 1.83 bits per heavy atom. The number of aryl methyl sites for hydroxylation is 3. The van der Waals surface area contributed by atoms with Crippen molar-refractivity contribution in [3.63, 3.8) is 0 Å². The van der Waals surface area contributed by atoms with E-state index in [2.05, 4.69) is 44.3 Å². The van der Waals surface area contributed by atoms with Crippen molar-refractivity contribution in [2.75, 3.05) is 5.32 Å². The highest BCUT2D eigenvalue weighted by atomic mass is 35.5. The third-order valence-corrected chi connectivity index (χ3v) is 6.50. The van der Waals surface area contributed by atoms with E-state index < -0.39 is 0 Å². The molecule has 5 heteroatoms. The van der Waals surface area contributed by atoms with Crippen LogP contribution in [-0.4, -0.2) is 9.97 Å². The quantitative estimate of drug-likeness (QED) is 0.450. The largest absolute Gasteiger partial charge is 0.362 e. The molecule has 0 fully saturated rings. The summed E-state index contributed by atoms with van der Waals surface area (Å²) in [4.78, 5) is 10.0. The molecule has 1 N–H and O–H groups in total. The summed E-state index contributed by atoms with van der Waals surface area (Å²) in [7, 11) is 0. The van der Waals surface area contributed by atoms with E-state index >= 15 is 0 Å². The minimum atomic E-state index is 0.267. The van der Waals surface area contributed by atoms with E-state index in [1.807, 2.05) is 12.1 Å². The molecule has 156 valence electrons. The molecule has 4 rings (SSSR count). The van der Waals surface area contributed by atoms with E-state index in [1.54, 1.807) is 6.07 Å². The first-order chi connectivity index (χ1) is 14.5. The van der Waals surface area contributed by atoms with Crippen molar-refractivity contribution in [3.05, 3.63) is 74.5 Å². The van der Waals surface area contributed by atoms with Crippen LogP contribution in [0.5, 0.6) is 0 Å². The van der Waals surface area contributed by atoms with Gasteiger partial charge in [0.05, 0.1) is 28.1 Å². The van der Waals surface area contributed by atoms with Crippen LogP contribution in [0.2, 0.25) is 10.0 Å². The Morgan fingerprint density at radius 1 is 1.03 bits per heavy atom. The monoisotopic (exact) mass is 439 g/mol. The number of benzene rings is 2. The summed E-state index contributed by atoms with van der Waals surface area (Å²) in [5.74, 6) is 0.891. The van der Waals surface area contributed by atoms with Gasteiger partial charge in [0.2, 0.25) is 0 Å². The van der Waals surface area contributed by atoms with E-state index in [0.29, 0.717) is 10.0 Å². The molecule has 1 aliphatic carbocycles. The van der Waals surface area contributed by atoms with Gasteiger partial charge in [0, 0.05) is 10.6 Å². The van der Waals surface area contributed by atoms with Gasteiger partial charge in [-0.2, -0.15) is 0 Å². The van der Waals surface area contributed by atoms with Gasteiger partial charge in [-0.1, -0.05) is 55.2 Å². The first-order valence-electron chi connectivity index (χ1n) is 10.7. The molecule has 30 heavy (non-hydrogen) atoms. The van der Waals surface area contributed by atoms with Gasteiger partial charge in [-0.25, -0.2) is 9.97 Å². The van der Waals surface area contributed by atoms with Crippen LogP contribution in [0.3, 0.4) is 0 Å². The predicted octanol–water partition coefficient (Wildman–Crippen LogP) is 7.37. The van der Waals surface area contributed by atoms with Crippen LogP contribution in [0.4, 0.5) is 5.82 Å². The SMILES string of the molecule is CCc1nc(-c2ccc(Cl)cc2Cl)c(CC)nc1NC1CCCc2c(C)cccc21. The van der Waals surface area contributed by atoms with Gasteiger partial charge in [0.15, 0.2) is 0 Å². The van der Waals surface area contributed by atoms with Crippen molar-refractivity contribution >= 4 is 29.0 Å². The number of hydrogen-bond acceptors (Lipinski definition) is 3. The zero-order valence-electron chi connectivity index (χ0n) is 17.7. The Morgan fingerprint density at radius 3 is 2.57 bits per heavy atom. The Bertz CT molecular complexity index is 1080. The lowest BCUT2D eigenvalue weighted by Crippen LogP contribution is -2.20. The van der Waals surface area contributed by atoms with Crippen LogP contribution in [0, 0.1) is 6.92 Å². The maximum absolute atomic E-state index is 6.49. The van der Waals surface area contributed by atoms with Crippen LogP contribution in [-0.2, 0) is 19.3 Å². The highest BCUT2D eigenvalue weighted by molar-refractivity contribution is 6.36. The van der Waals surface area contributed by atoms with Crippen LogP contribution in [0.25, 0.3) is 11.3 Å². The maximum atomic E-state index is 6.49. The lowest BCUT2D eigenvalue weighted by atomic mass is 9.85. The van der Waals surface area contributed by atoms with Crippen LogP contribution < -0.4 is 5.32 Å². The van der Waals surface area contributed by atoms with Crippen molar-refractivity contribution in [2.45, 2.75) is 58.9 Å². The minimum absolute atomic E-state index is 0.267. The molecular weight excluding hydrogens is 413 g/mol. The highest BCUT2D eigenvalue weighted by Gasteiger charge is 2.23. The lowest BCUT2D eigenvalue weighted by molar-refractivity contribution is 0.595. The molecule has 1 atom stereocenters. The number of anilines is 1. The maximum Gasteiger partial charge on any atom is 0.148 e. The molecule has 1 aliphatic rings. The van der Waals surface area contributed by atoms with Crippen molar-refractivity contribution in [3.8, 4) is 11.3 Å². The van der Waals surface area contributed by atoms with E-state index in [0.717, 1.165) is 54.1 Å². The van der Waals surface area contributed by atoms with E-state index in [9.17, 15) is 0 Å². The van der Waals surface area contributed by atoms with Crippen molar-refractivity contribution in [1.29, 1.82) is 0 Å². The molecule has 1 heterocycles. The third kappa shape index (κ3) is 4.06. The second-order valence-corrected chi connectivity index (χ2v) is 8.72. The molecule has 0 aliphatic heterocycles. The fourth-order valence-corrected chi connectivity index (χ4v) is 4.86. The highest BCUT2D eigenvalue weighted by Crippen LogP contribution is 2.36. The predicted molar refractivity (Wildman–Crippen MR) is 127 cm³/mol. The van der Waals surface area contributed by atoms with Gasteiger partial charge in [-0.15, -0.1) is 0 Å². The second kappa shape index (κ2) is 8.95. The average Bonchev–Trinajstić information content (AvgIpc) is 2.74. The lowest BCUT2D eigenvalue weighted by Gasteiger charge is -2.29. The number of nitrogens with one attached hydrogen (secondary N) is 1. The first-order valence-corrected chi connectivity index (χ1v) is 11.5. The van der Waals surface area contributed by atoms with Gasteiger partial charge < -0.3 is 5.32 Å². The van der Waals surface area contributed by atoms with Crippen molar-refractivity contribution in [1.82, 2.24) is 9.97 Å². The summed E-state index contributed by atoms with van der Waals surface area (Å²) >= 11 is 12.6. The Labute approximate surface area is 188 Å². The summed E-state index contributed by atoms with van der Waals surface area (Å²) in [5.41, 5.74) is 7.89. The average molecular weight is 440 g/mol. The van der Waals surface area contributed by atoms with Gasteiger partial charge >= 0.3 is 0 Å². The number of hydrogen-bond donors (Lipinski definition) is 1. The van der Waals surface area contributed by atoms with E-state index in [1.165, 1.54) is 23.1 Å². The van der Waals surface area contributed by atoms with E-state index in [4.69, 9.17) is 33.2 Å². The molecule has 0 radical (unpaired) electrons. The normalized spacial score (nSPS) is 15.7. The molecule has 1 aromatic heterocycles. The molecule has 0 saturated carbocycles. The summed E-state index contributed by atoms with van der Waals surface area (Å²) in [6, 6.07) is 12.4. The summed E-state index contributed by atoms with van der Waals surface area (Å²) in [5, 5.41) is 4.96. The summed E-state index contributed by atoms with van der Waals surface area (Å²) < 4.78 is 0. The first kappa shape index (κ1) is 21.1. The fourth-order valence-electron chi connectivity index (χ4n) is 4.36. The van der Waals surface area contributed by atoms with Gasteiger partial charge in [-0.05, 0) is 73.9 Å². The second-order valence-electron chi connectivity index (χ2n) is 7.88. The Balaban J connectivity index is 1.75. The Kier molecular flexibility index (Phi) is 6.31. The number of halogens is 2. The molecule has 0 amide bonds. The van der Waals surface area contributed by atoms with Crippen molar-refractivity contribution in [2.24, 2.45) is 0 Å². The van der Waals surface area contributed by atoms with Gasteiger partial charge in [0.1, 0.15) is 5.82 Å². The molecule has 1 unspecified atom stereocenters. The number of nitrogens with zero attached hydrogens (tertiary/aromatic N) is 2. The molecule has 0 spiro atoms. The number of rotatable bonds is 5. The molecule has 0 saturated heterocycles. The fraction of sp³-hybridized carbons (Fsp3) is 0.360. The molecule has 3 aromatic rings. The zero-order chi connectivity index (χ0) is 21.3. The standard InChI is InChI=1S/C25H27Cl2N3/c1-4-21-24(19-13-12-16(26)14-20(19)27)28-22(5-2)25(29-21)30-23-11-7-9-17-15(3)8-6-10-18(17)23/h6,8,10,12-14,23H,4-5,7,9,11H2,1-3H3,(H,29,30). The zero-order valence-corrected chi connectivity index (χ0v) is 19.2. The molecule has 3 nitrogen and oxygen atoms in total. The van der Waals surface area contributed by atoms with Crippen LogP contribution >= 0.6 is 23.2 Å². The van der Waals surface area contributed by atoms with Gasteiger partial charge in [0.25, 0.3) is 0 Å². The number of fused-ring (bicyclic) bond motifs is 1. The molecular formula is C25H27Cl2N3. The summed E-state index contributed by atoms with van der Waals surface area (Å²) in [6.07, 6.45) is 5.02. The number of aromatic nitrogens is 2. The van der Waals surface area contributed by atoms with Crippen molar-refractivity contribution < 1.29 is 0 Å². The van der Waals surface area contributed by atoms with Crippen LogP contribution in [0.15, 0.2) is 36.4 Å².